The quantitative estimate of drug-likeness (QED) is 0.501. The van der Waals surface area contributed by atoms with Gasteiger partial charge in [0, 0.05) is 6.08 Å². The summed E-state index contributed by atoms with van der Waals surface area (Å²) in [5, 5.41) is 18.5. The number of hydrogen-bond donors (Lipinski definition) is 2. The molecule has 0 fully saturated rings. The molecule has 0 saturated heterocycles. The van der Waals surface area contributed by atoms with Gasteiger partial charge < -0.3 is 19.7 Å². The highest BCUT2D eigenvalue weighted by Crippen LogP contribution is 2.26. The van der Waals surface area contributed by atoms with Crippen LogP contribution < -0.4 is 9.47 Å². The third kappa shape index (κ3) is 4.10. The minimum atomic E-state index is -1.18. The van der Waals surface area contributed by atoms with Gasteiger partial charge in [-0.1, -0.05) is 18.2 Å². The standard InChI is InChI=1S/C17H14O6/c1-22-15-10-11(6-8-13(15)18)7-9-16(19)23-14-5-3-2-4-12(14)17(20)21/h2-10,18H,1H3,(H,20,21)/b9-7+. The van der Waals surface area contributed by atoms with Crippen LogP contribution in [0.25, 0.3) is 6.08 Å². The summed E-state index contributed by atoms with van der Waals surface area (Å²) < 4.78 is 9.99. The first kappa shape index (κ1) is 16.1. The van der Waals surface area contributed by atoms with Crippen molar-refractivity contribution in [2.24, 2.45) is 0 Å². The number of esters is 1. The molecule has 23 heavy (non-hydrogen) atoms. The number of phenolic OH excluding ortho intramolecular Hbond substituents is 1. The van der Waals surface area contributed by atoms with Crippen LogP contribution in [0.1, 0.15) is 15.9 Å². The number of benzene rings is 2. The van der Waals surface area contributed by atoms with Crippen molar-refractivity contribution in [3.05, 3.63) is 59.7 Å². The first-order valence-electron chi connectivity index (χ1n) is 6.60. The molecule has 0 heterocycles. The zero-order chi connectivity index (χ0) is 16.8. The molecular formula is C17H14O6. The number of carboxylic acid groups (broad SMARTS) is 1. The van der Waals surface area contributed by atoms with Crippen LogP contribution in [-0.4, -0.2) is 29.3 Å². The second kappa shape index (κ2) is 7.13. The summed E-state index contributed by atoms with van der Waals surface area (Å²) in [5.74, 6) is -1.66. The molecule has 2 rings (SSSR count). The molecule has 0 aliphatic carbocycles. The summed E-state index contributed by atoms with van der Waals surface area (Å²) in [5.41, 5.74) is 0.517. The first-order chi connectivity index (χ1) is 11.0. The molecule has 0 amide bonds. The maximum Gasteiger partial charge on any atom is 0.339 e. The van der Waals surface area contributed by atoms with Gasteiger partial charge in [0.15, 0.2) is 11.5 Å². The molecule has 2 aromatic rings. The largest absolute Gasteiger partial charge is 0.504 e. The van der Waals surface area contributed by atoms with E-state index < -0.39 is 11.9 Å². The summed E-state index contributed by atoms with van der Waals surface area (Å²) in [6.45, 7) is 0. The smallest absolute Gasteiger partial charge is 0.339 e. The summed E-state index contributed by atoms with van der Waals surface area (Å²) in [6, 6.07) is 10.4. The molecule has 6 heteroatoms. The summed E-state index contributed by atoms with van der Waals surface area (Å²) in [7, 11) is 1.42. The normalized spacial score (nSPS) is 10.5. The van der Waals surface area contributed by atoms with Crippen LogP contribution in [0.4, 0.5) is 0 Å². The van der Waals surface area contributed by atoms with E-state index in [1.54, 1.807) is 24.3 Å². The lowest BCUT2D eigenvalue weighted by molar-refractivity contribution is -0.128. The average molecular weight is 314 g/mol. The number of para-hydroxylation sites is 1. The van der Waals surface area contributed by atoms with Gasteiger partial charge in [-0.2, -0.15) is 0 Å². The number of rotatable bonds is 5. The van der Waals surface area contributed by atoms with Crippen molar-refractivity contribution in [1.82, 2.24) is 0 Å². The zero-order valence-electron chi connectivity index (χ0n) is 12.2. The molecule has 0 bridgehead atoms. The van der Waals surface area contributed by atoms with Gasteiger partial charge in [-0.05, 0) is 35.9 Å². The van der Waals surface area contributed by atoms with Gasteiger partial charge >= 0.3 is 11.9 Å². The Hall–Kier alpha value is -3.28. The summed E-state index contributed by atoms with van der Waals surface area (Å²) in [4.78, 5) is 22.8. The maximum atomic E-state index is 11.8. The van der Waals surface area contributed by atoms with Crippen LogP contribution in [0.5, 0.6) is 17.2 Å². The molecule has 0 radical (unpaired) electrons. The lowest BCUT2D eigenvalue weighted by atomic mass is 10.2. The van der Waals surface area contributed by atoms with Gasteiger partial charge in [-0.25, -0.2) is 9.59 Å². The number of carbonyl (C=O) groups excluding carboxylic acids is 1. The van der Waals surface area contributed by atoms with E-state index in [2.05, 4.69) is 0 Å². The van der Waals surface area contributed by atoms with E-state index in [0.29, 0.717) is 5.56 Å². The second-order valence-electron chi connectivity index (χ2n) is 4.49. The van der Waals surface area contributed by atoms with Gasteiger partial charge in [0.1, 0.15) is 11.3 Å². The van der Waals surface area contributed by atoms with E-state index in [0.717, 1.165) is 6.08 Å². The summed E-state index contributed by atoms with van der Waals surface area (Å²) >= 11 is 0. The van der Waals surface area contributed by atoms with Crippen molar-refractivity contribution >= 4 is 18.0 Å². The number of methoxy groups -OCH3 is 1. The van der Waals surface area contributed by atoms with Crippen LogP contribution in [0.15, 0.2) is 48.5 Å². The fourth-order valence-corrected chi connectivity index (χ4v) is 1.84. The van der Waals surface area contributed by atoms with Gasteiger partial charge in [0.25, 0.3) is 0 Å². The number of phenols is 1. The number of aromatic hydroxyl groups is 1. The molecular weight excluding hydrogens is 300 g/mol. The number of hydrogen-bond acceptors (Lipinski definition) is 5. The van der Waals surface area contributed by atoms with Crippen molar-refractivity contribution in [3.8, 4) is 17.2 Å². The number of carboxylic acids is 1. The monoisotopic (exact) mass is 314 g/mol. The van der Waals surface area contributed by atoms with E-state index in [1.807, 2.05) is 0 Å². The summed E-state index contributed by atoms with van der Waals surface area (Å²) in [6.07, 6.45) is 2.62. The molecule has 0 saturated carbocycles. The Kier molecular flexibility index (Phi) is 4.99. The van der Waals surface area contributed by atoms with E-state index in [1.165, 1.54) is 31.4 Å². The van der Waals surface area contributed by atoms with E-state index >= 15 is 0 Å². The predicted molar refractivity (Wildman–Crippen MR) is 82.7 cm³/mol. The number of aromatic carboxylic acids is 1. The Morgan fingerprint density at radius 1 is 1.09 bits per heavy atom. The SMILES string of the molecule is COc1cc(/C=C/C(=O)Oc2ccccc2C(=O)O)ccc1O. The Bertz CT molecular complexity index is 763. The van der Waals surface area contributed by atoms with Crippen LogP contribution in [0.2, 0.25) is 0 Å². The molecule has 0 atom stereocenters. The topological polar surface area (TPSA) is 93.1 Å². The Balaban J connectivity index is 2.12. The van der Waals surface area contributed by atoms with Crippen LogP contribution in [0.3, 0.4) is 0 Å². The van der Waals surface area contributed by atoms with Crippen molar-refractivity contribution in [2.45, 2.75) is 0 Å². The Labute approximate surface area is 132 Å². The average Bonchev–Trinajstić information content (AvgIpc) is 2.54. The first-order valence-corrected chi connectivity index (χ1v) is 6.60. The minimum Gasteiger partial charge on any atom is -0.504 e. The molecule has 0 aliphatic rings. The van der Waals surface area contributed by atoms with Crippen molar-refractivity contribution < 1.29 is 29.3 Å². The fraction of sp³-hybridized carbons (Fsp3) is 0.0588. The zero-order valence-corrected chi connectivity index (χ0v) is 12.2. The maximum absolute atomic E-state index is 11.8. The van der Waals surface area contributed by atoms with Gasteiger partial charge in [-0.15, -0.1) is 0 Å². The van der Waals surface area contributed by atoms with Gasteiger partial charge in [-0.3, -0.25) is 0 Å². The molecule has 118 valence electrons. The third-order valence-electron chi connectivity index (χ3n) is 2.94. The van der Waals surface area contributed by atoms with Crippen LogP contribution in [-0.2, 0) is 4.79 Å². The highest BCUT2D eigenvalue weighted by Gasteiger charge is 2.12. The Morgan fingerprint density at radius 2 is 1.83 bits per heavy atom. The highest BCUT2D eigenvalue weighted by atomic mass is 16.5. The lowest BCUT2D eigenvalue weighted by Gasteiger charge is -2.05. The van der Waals surface area contributed by atoms with Crippen molar-refractivity contribution in [1.29, 1.82) is 0 Å². The predicted octanol–water partition coefficient (Wildman–Crippen LogP) is 2.72. The lowest BCUT2D eigenvalue weighted by Crippen LogP contribution is -2.08. The van der Waals surface area contributed by atoms with Crippen molar-refractivity contribution in [2.75, 3.05) is 7.11 Å². The molecule has 2 N–H and O–H groups in total. The van der Waals surface area contributed by atoms with Gasteiger partial charge in [0.2, 0.25) is 0 Å². The number of carbonyl (C=O) groups is 2. The van der Waals surface area contributed by atoms with Crippen LogP contribution in [0, 0.1) is 0 Å². The van der Waals surface area contributed by atoms with E-state index in [9.17, 15) is 14.7 Å². The van der Waals surface area contributed by atoms with E-state index in [-0.39, 0.29) is 22.8 Å². The highest BCUT2D eigenvalue weighted by molar-refractivity contribution is 5.94. The molecule has 0 aliphatic heterocycles. The second-order valence-corrected chi connectivity index (χ2v) is 4.49. The minimum absolute atomic E-state index is 0.0115. The molecule has 2 aromatic carbocycles. The van der Waals surface area contributed by atoms with Gasteiger partial charge in [0.05, 0.1) is 7.11 Å². The Morgan fingerprint density at radius 3 is 2.52 bits per heavy atom. The molecule has 6 nitrogen and oxygen atoms in total. The van der Waals surface area contributed by atoms with E-state index in [4.69, 9.17) is 14.6 Å². The number of ether oxygens (including phenoxy) is 2. The molecule has 0 unspecified atom stereocenters. The molecule has 0 aromatic heterocycles. The fourth-order valence-electron chi connectivity index (χ4n) is 1.84. The van der Waals surface area contributed by atoms with Crippen LogP contribution >= 0.6 is 0 Å². The molecule has 0 spiro atoms. The van der Waals surface area contributed by atoms with Crippen molar-refractivity contribution in [3.63, 3.8) is 0 Å². The third-order valence-corrected chi connectivity index (χ3v) is 2.94.